The largest absolute Gasteiger partial charge is 0.504 e. The summed E-state index contributed by atoms with van der Waals surface area (Å²) in [5, 5.41) is 25.5. The summed E-state index contributed by atoms with van der Waals surface area (Å²) >= 11 is 0. The standard InChI is InChI=1S/C22H22N4O7S/c1-3-33-20-6-4-5-15(22(20)27)14-23-24-19-12-9-17(26(28)29)13-21(19)34(30,31)25-16-7-10-18(32-2)11-8-16/h4-14,24-25,27H,3H2,1-2H3. The molecule has 0 heterocycles. The number of hydrogen-bond donors (Lipinski definition) is 3. The Hall–Kier alpha value is -4.32. The van der Waals surface area contributed by atoms with Gasteiger partial charge in [0.2, 0.25) is 0 Å². The van der Waals surface area contributed by atoms with E-state index < -0.39 is 20.6 Å². The van der Waals surface area contributed by atoms with Crippen molar-refractivity contribution in [2.75, 3.05) is 23.9 Å². The molecular formula is C22H22N4O7S. The van der Waals surface area contributed by atoms with Gasteiger partial charge < -0.3 is 14.6 Å². The summed E-state index contributed by atoms with van der Waals surface area (Å²) in [6, 6.07) is 14.3. The minimum absolute atomic E-state index is 0.0108. The molecule has 0 atom stereocenters. The van der Waals surface area contributed by atoms with Gasteiger partial charge in [0.1, 0.15) is 10.6 Å². The molecule has 178 valence electrons. The van der Waals surface area contributed by atoms with Crippen molar-refractivity contribution >= 4 is 33.3 Å². The first-order valence-electron chi connectivity index (χ1n) is 9.94. The van der Waals surface area contributed by atoms with Gasteiger partial charge in [-0.3, -0.25) is 20.3 Å². The van der Waals surface area contributed by atoms with Crippen LogP contribution in [-0.2, 0) is 10.0 Å². The van der Waals surface area contributed by atoms with E-state index in [9.17, 15) is 23.6 Å². The van der Waals surface area contributed by atoms with Gasteiger partial charge in [0.25, 0.3) is 15.7 Å². The van der Waals surface area contributed by atoms with Gasteiger partial charge >= 0.3 is 0 Å². The second-order valence-electron chi connectivity index (χ2n) is 6.77. The highest BCUT2D eigenvalue weighted by Gasteiger charge is 2.23. The fourth-order valence-electron chi connectivity index (χ4n) is 2.90. The summed E-state index contributed by atoms with van der Waals surface area (Å²) < 4.78 is 38.8. The minimum atomic E-state index is -4.24. The van der Waals surface area contributed by atoms with E-state index in [0.717, 1.165) is 12.1 Å². The lowest BCUT2D eigenvalue weighted by molar-refractivity contribution is -0.385. The van der Waals surface area contributed by atoms with Gasteiger partial charge in [0, 0.05) is 23.4 Å². The van der Waals surface area contributed by atoms with Crippen LogP contribution in [0.25, 0.3) is 0 Å². The molecule has 0 aliphatic rings. The Morgan fingerprint density at radius 2 is 1.88 bits per heavy atom. The summed E-state index contributed by atoms with van der Waals surface area (Å²) in [6.45, 7) is 2.13. The number of para-hydroxylation sites is 1. The molecule has 0 spiro atoms. The number of nitro groups is 1. The third-order valence-corrected chi connectivity index (χ3v) is 5.95. The molecule has 3 aromatic rings. The predicted octanol–water partition coefficient (Wildman–Crippen LogP) is 3.95. The van der Waals surface area contributed by atoms with Gasteiger partial charge in [-0.1, -0.05) is 6.07 Å². The van der Waals surface area contributed by atoms with Crippen LogP contribution in [0.3, 0.4) is 0 Å². The van der Waals surface area contributed by atoms with Gasteiger partial charge in [-0.2, -0.15) is 5.10 Å². The van der Waals surface area contributed by atoms with E-state index in [1.165, 1.54) is 31.5 Å². The number of non-ortho nitro benzene ring substituents is 1. The van der Waals surface area contributed by atoms with E-state index in [1.54, 1.807) is 37.3 Å². The fraction of sp³-hybridized carbons (Fsp3) is 0.136. The van der Waals surface area contributed by atoms with Crippen LogP contribution < -0.4 is 19.6 Å². The highest BCUT2D eigenvalue weighted by atomic mass is 32.2. The average molecular weight is 487 g/mol. The molecule has 0 saturated carbocycles. The number of anilines is 2. The molecule has 3 N–H and O–H groups in total. The van der Waals surface area contributed by atoms with E-state index in [0.29, 0.717) is 17.9 Å². The normalized spacial score (nSPS) is 11.2. The summed E-state index contributed by atoms with van der Waals surface area (Å²) in [4.78, 5) is 10.1. The molecule has 11 nitrogen and oxygen atoms in total. The van der Waals surface area contributed by atoms with E-state index in [-0.39, 0.29) is 27.8 Å². The quantitative estimate of drug-likeness (QED) is 0.221. The third kappa shape index (κ3) is 5.72. The minimum Gasteiger partial charge on any atom is -0.504 e. The van der Waals surface area contributed by atoms with E-state index in [4.69, 9.17) is 9.47 Å². The molecule has 0 saturated heterocycles. The summed E-state index contributed by atoms with van der Waals surface area (Å²) in [5.74, 6) is 0.674. The van der Waals surface area contributed by atoms with Crippen LogP contribution in [-0.4, -0.2) is 38.4 Å². The molecule has 0 fully saturated rings. The molecule has 0 unspecified atom stereocenters. The Balaban J connectivity index is 1.91. The van der Waals surface area contributed by atoms with Crippen LogP contribution in [0, 0.1) is 10.1 Å². The maximum Gasteiger partial charge on any atom is 0.270 e. The van der Waals surface area contributed by atoms with Crippen LogP contribution in [0.15, 0.2) is 70.7 Å². The maximum atomic E-state index is 13.0. The van der Waals surface area contributed by atoms with Crippen molar-refractivity contribution in [1.82, 2.24) is 0 Å². The van der Waals surface area contributed by atoms with Gasteiger partial charge in [-0.05, 0) is 49.4 Å². The lowest BCUT2D eigenvalue weighted by Crippen LogP contribution is -2.15. The van der Waals surface area contributed by atoms with Crippen molar-refractivity contribution in [1.29, 1.82) is 0 Å². The molecule has 0 radical (unpaired) electrons. The molecule has 3 rings (SSSR count). The maximum absolute atomic E-state index is 13.0. The highest BCUT2D eigenvalue weighted by molar-refractivity contribution is 7.92. The van der Waals surface area contributed by atoms with Gasteiger partial charge in [-0.15, -0.1) is 0 Å². The van der Waals surface area contributed by atoms with E-state index in [1.807, 2.05) is 0 Å². The number of phenols is 1. The monoisotopic (exact) mass is 486 g/mol. The Bertz CT molecular complexity index is 1310. The average Bonchev–Trinajstić information content (AvgIpc) is 2.81. The van der Waals surface area contributed by atoms with Gasteiger partial charge in [-0.25, -0.2) is 8.42 Å². The molecule has 0 bridgehead atoms. The Morgan fingerprint density at radius 3 is 2.53 bits per heavy atom. The molecule has 0 aliphatic heterocycles. The molecule has 12 heteroatoms. The predicted molar refractivity (Wildman–Crippen MR) is 127 cm³/mol. The Labute approximate surface area is 195 Å². The van der Waals surface area contributed by atoms with Gasteiger partial charge in [0.05, 0.1) is 30.5 Å². The van der Waals surface area contributed by atoms with Crippen LogP contribution in [0.2, 0.25) is 0 Å². The highest BCUT2D eigenvalue weighted by Crippen LogP contribution is 2.30. The lowest BCUT2D eigenvalue weighted by atomic mass is 10.2. The molecular weight excluding hydrogens is 464 g/mol. The zero-order valence-corrected chi connectivity index (χ0v) is 19.1. The zero-order valence-electron chi connectivity index (χ0n) is 18.3. The lowest BCUT2D eigenvalue weighted by Gasteiger charge is -2.12. The van der Waals surface area contributed by atoms with E-state index in [2.05, 4.69) is 15.2 Å². The summed E-state index contributed by atoms with van der Waals surface area (Å²) in [6.07, 6.45) is 1.27. The number of methoxy groups -OCH3 is 1. The number of benzene rings is 3. The van der Waals surface area contributed by atoms with Crippen LogP contribution in [0.5, 0.6) is 17.2 Å². The number of rotatable bonds is 10. The number of aromatic hydroxyl groups is 1. The van der Waals surface area contributed by atoms with Crippen LogP contribution in [0.4, 0.5) is 17.1 Å². The molecule has 0 aromatic heterocycles. The van der Waals surface area contributed by atoms with Crippen molar-refractivity contribution in [3.8, 4) is 17.2 Å². The smallest absolute Gasteiger partial charge is 0.270 e. The second kappa shape index (κ2) is 10.5. The number of ether oxygens (including phenoxy) is 2. The first-order valence-corrected chi connectivity index (χ1v) is 11.4. The first kappa shape index (κ1) is 24.3. The van der Waals surface area contributed by atoms with Crippen LogP contribution in [0.1, 0.15) is 12.5 Å². The van der Waals surface area contributed by atoms with Crippen molar-refractivity contribution in [2.45, 2.75) is 11.8 Å². The topological polar surface area (TPSA) is 152 Å². The zero-order chi connectivity index (χ0) is 24.7. The number of phenolic OH excluding ortho intramolecular Hbond substituents is 1. The first-order chi connectivity index (χ1) is 16.2. The van der Waals surface area contributed by atoms with Crippen molar-refractivity contribution in [2.24, 2.45) is 5.10 Å². The molecule has 34 heavy (non-hydrogen) atoms. The van der Waals surface area contributed by atoms with Crippen LogP contribution >= 0.6 is 0 Å². The third-order valence-electron chi connectivity index (χ3n) is 4.53. The Morgan fingerprint density at radius 1 is 1.15 bits per heavy atom. The van der Waals surface area contributed by atoms with E-state index >= 15 is 0 Å². The SMILES string of the molecule is CCOc1cccc(C=NNc2ccc([N+](=O)[O-])cc2S(=O)(=O)Nc2ccc(OC)cc2)c1O. The summed E-state index contributed by atoms with van der Waals surface area (Å²) in [7, 11) is -2.76. The fourth-order valence-corrected chi connectivity index (χ4v) is 4.13. The second-order valence-corrected chi connectivity index (χ2v) is 8.42. The number of hydrogen-bond acceptors (Lipinski definition) is 9. The molecule has 0 aliphatic carbocycles. The number of sulfonamides is 1. The molecule has 0 amide bonds. The Kier molecular flexibility index (Phi) is 7.53. The number of nitrogens with zero attached hydrogens (tertiary/aromatic N) is 2. The number of nitrogens with one attached hydrogen (secondary N) is 2. The molecule has 3 aromatic carbocycles. The van der Waals surface area contributed by atoms with Gasteiger partial charge in [0.15, 0.2) is 11.5 Å². The number of hydrazone groups is 1. The summed E-state index contributed by atoms with van der Waals surface area (Å²) in [5.41, 5.74) is 2.71. The number of nitro benzene ring substituents is 1. The van der Waals surface area contributed by atoms with Crippen molar-refractivity contribution in [3.63, 3.8) is 0 Å². The van der Waals surface area contributed by atoms with Crippen molar-refractivity contribution < 1.29 is 27.9 Å². The van der Waals surface area contributed by atoms with Crippen molar-refractivity contribution in [3.05, 3.63) is 76.3 Å².